The van der Waals surface area contributed by atoms with E-state index in [1.54, 1.807) is 6.07 Å². The molecule has 0 unspecified atom stereocenters. The van der Waals surface area contributed by atoms with Gasteiger partial charge in [0.1, 0.15) is 5.82 Å². The number of hydrogen-bond donors (Lipinski definition) is 1. The predicted octanol–water partition coefficient (Wildman–Crippen LogP) is 3.80. The quantitative estimate of drug-likeness (QED) is 0.877. The van der Waals surface area contributed by atoms with Crippen molar-refractivity contribution in [1.82, 2.24) is 9.97 Å². The lowest BCUT2D eigenvalue weighted by molar-refractivity contribution is 0.301. The van der Waals surface area contributed by atoms with Crippen LogP contribution in [0, 0.1) is 5.92 Å². The van der Waals surface area contributed by atoms with Crippen molar-refractivity contribution in [3.8, 4) is 0 Å². The molecule has 0 atom stereocenters. The summed E-state index contributed by atoms with van der Waals surface area (Å²) in [7, 11) is 0. The first-order valence-electron chi connectivity index (χ1n) is 7.83. The molecule has 3 nitrogen and oxygen atoms in total. The minimum absolute atomic E-state index is 0.0177. The maximum Gasteiger partial charge on any atom is 0.251 e. The first-order valence-corrected chi connectivity index (χ1v) is 7.83. The maximum absolute atomic E-state index is 11.7. The van der Waals surface area contributed by atoms with Crippen LogP contribution in [0.25, 0.3) is 0 Å². The fourth-order valence-electron chi connectivity index (χ4n) is 3.24. The smallest absolute Gasteiger partial charge is 0.251 e. The molecule has 1 N–H and O–H groups in total. The standard InChI is InChI=1S/C16H26N2O/c1-3-5-12-7-9-13(10-8-12)16-17-14(6-4-2)11-15(19)18-16/h11-13H,3-10H2,1-2H3,(H,17,18,19). The van der Waals surface area contributed by atoms with Gasteiger partial charge in [-0.15, -0.1) is 0 Å². The number of aromatic amines is 1. The fourth-order valence-corrected chi connectivity index (χ4v) is 3.24. The van der Waals surface area contributed by atoms with Crippen LogP contribution < -0.4 is 5.56 Å². The summed E-state index contributed by atoms with van der Waals surface area (Å²) >= 11 is 0. The molecule has 1 aliphatic carbocycles. The maximum atomic E-state index is 11.7. The second-order valence-electron chi connectivity index (χ2n) is 5.88. The van der Waals surface area contributed by atoms with E-state index in [2.05, 4.69) is 23.8 Å². The Hall–Kier alpha value is -1.12. The van der Waals surface area contributed by atoms with Crippen molar-refractivity contribution in [3.63, 3.8) is 0 Å². The molecule has 19 heavy (non-hydrogen) atoms. The molecule has 0 spiro atoms. The van der Waals surface area contributed by atoms with Gasteiger partial charge >= 0.3 is 0 Å². The van der Waals surface area contributed by atoms with Crippen molar-refractivity contribution >= 4 is 0 Å². The Morgan fingerprint density at radius 3 is 2.58 bits per heavy atom. The number of H-pyrrole nitrogens is 1. The van der Waals surface area contributed by atoms with E-state index in [9.17, 15) is 4.79 Å². The predicted molar refractivity (Wildman–Crippen MR) is 78.5 cm³/mol. The molecule has 0 aromatic carbocycles. The lowest BCUT2D eigenvalue weighted by Crippen LogP contribution is -2.20. The Labute approximate surface area is 115 Å². The average Bonchev–Trinajstić information content (AvgIpc) is 2.40. The normalized spacial score (nSPS) is 23.5. The number of nitrogens with zero attached hydrogens (tertiary/aromatic N) is 1. The lowest BCUT2D eigenvalue weighted by Gasteiger charge is -2.27. The first kappa shape index (κ1) is 14.3. The van der Waals surface area contributed by atoms with E-state index < -0.39 is 0 Å². The van der Waals surface area contributed by atoms with Gasteiger partial charge in [0.25, 0.3) is 5.56 Å². The zero-order valence-corrected chi connectivity index (χ0v) is 12.2. The van der Waals surface area contributed by atoms with Gasteiger partial charge in [0.15, 0.2) is 0 Å². The highest BCUT2D eigenvalue weighted by molar-refractivity contribution is 5.07. The van der Waals surface area contributed by atoms with E-state index in [-0.39, 0.29) is 5.56 Å². The Bertz CT molecular complexity index is 444. The average molecular weight is 262 g/mol. The number of hydrogen-bond acceptors (Lipinski definition) is 2. The van der Waals surface area contributed by atoms with Gasteiger partial charge in [0.2, 0.25) is 0 Å². The molecule has 0 amide bonds. The lowest BCUT2D eigenvalue weighted by atomic mass is 9.80. The molecular formula is C16H26N2O. The molecule has 2 rings (SSSR count). The highest BCUT2D eigenvalue weighted by atomic mass is 16.1. The van der Waals surface area contributed by atoms with Gasteiger partial charge in [-0.1, -0.05) is 33.1 Å². The number of nitrogens with one attached hydrogen (secondary N) is 1. The van der Waals surface area contributed by atoms with Crippen LogP contribution in [0.2, 0.25) is 0 Å². The van der Waals surface area contributed by atoms with Crippen LogP contribution in [-0.4, -0.2) is 9.97 Å². The molecule has 0 bridgehead atoms. The van der Waals surface area contributed by atoms with Crippen molar-refractivity contribution < 1.29 is 0 Å². The molecule has 0 saturated heterocycles. The molecule has 3 heteroatoms. The minimum atomic E-state index is 0.0177. The van der Waals surface area contributed by atoms with Crippen LogP contribution in [0.5, 0.6) is 0 Å². The highest BCUT2D eigenvalue weighted by Gasteiger charge is 2.23. The zero-order valence-electron chi connectivity index (χ0n) is 12.2. The van der Waals surface area contributed by atoms with E-state index in [1.165, 1.54) is 38.5 Å². The van der Waals surface area contributed by atoms with Crippen molar-refractivity contribution in [1.29, 1.82) is 0 Å². The van der Waals surface area contributed by atoms with E-state index in [0.29, 0.717) is 5.92 Å². The molecule has 1 fully saturated rings. The first-order chi connectivity index (χ1) is 9.22. The van der Waals surface area contributed by atoms with Gasteiger partial charge in [-0.05, 0) is 38.0 Å². The van der Waals surface area contributed by atoms with Gasteiger partial charge in [0, 0.05) is 17.7 Å². The number of aromatic nitrogens is 2. The molecule has 1 saturated carbocycles. The molecule has 1 aliphatic rings. The van der Waals surface area contributed by atoms with E-state index in [0.717, 1.165) is 30.3 Å². The fraction of sp³-hybridized carbons (Fsp3) is 0.750. The van der Waals surface area contributed by atoms with Gasteiger partial charge in [-0.25, -0.2) is 4.98 Å². The van der Waals surface area contributed by atoms with Gasteiger partial charge in [-0.3, -0.25) is 4.79 Å². The van der Waals surface area contributed by atoms with Crippen LogP contribution >= 0.6 is 0 Å². The van der Waals surface area contributed by atoms with Crippen LogP contribution in [0.3, 0.4) is 0 Å². The van der Waals surface area contributed by atoms with Gasteiger partial charge in [-0.2, -0.15) is 0 Å². The molecule has 106 valence electrons. The van der Waals surface area contributed by atoms with Crippen molar-refractivity contribution in [2.75, 3.05) is 0 Å². The summed E-state index contributed by atoms with van der Waals surface area (Å²) in [6.45, 7) is 4.39. The Kier molecular flexibility index (Phi) is 5.17. The molecular weight excluding hydrogens is 236 g/mol. The van der Waals surface area contributed by atoms with Gasteiger partial charge < -0.3 is 4.98 Å². The van der Waals surface area contributed by atoms with E-state index in [1.807, 2.05) is 0 Å². The van der Waals surface area contributed by atoms with E-state index >= 15 is 0 Å². The summed E-state index contributed by atoms with van der Waals surface area (Å²) < 4.78 is 0. The van der Waals surface area contributed by atoms with Crippen LogP contribution in [-0.2, 0) is 6.42 Å². The summed E-state index contributed by atoms with van der Waals surface area (Å²) in [4.78, 5) is 19.3. The minimum Gasteiger partial charge on any atom is -0.310 e. The SMILES string of the molecule is CCCc1cc(=O)[nH]c(C2CCC(CCC)CC2)n1. The monoisotopic (exact) mass is 262 g/mol. The van der Waals surface area contributed by atoms with E-state index in [4.69, 9.17) is 0 Å². The molecule has 1 aromatic rings. The Morgan fingerprint density at radius 1 is 1.21 bits per heavy atom. The largest absolute Gasteiger partial charge is 0.310 e. The molecule has 0 radical (unpaired) electrons. The highest BCUT2D eigenvalue weighted by Crippen LogP contribution is 2.35. The third-order valence-corrected chi connectivity index (χ3v) is 4.25. The zero-order chi connectivity index (χ0) is 13.7. The topological polar surface area (TPSA) is 45.8 Å². The van der Waals surface area contributed by atoms with Crippen LogP contribution in [0.1, 0.15) is 76.2 Å². The van der Waals surface area contributed by atoms with Gasteiger partial charge in [0.05, 0.1) is 0 Å². The molecule has 1 aromatic heterocycles. The second kappa shape index (κ2) is 6.88. The number of aryl methyl sites for hydroxylation is 1. The summed E-state index contributed by atoms with van der Waals surface area (Å²) in [6, 6.07) is 1.65. The van der Waals surface area contributed by atoms with Crippen LogP contribution in [0.4, 0.5) is 0 Å². The summed E-state index contributed by atoms with van der Waals surface area (Å²) in [5.41, 5.74) is 0.973. The van der Waals surface area contributed by atoms with Crippen molar-refractivity contribution in [2.24, 2.45) is 5.92 Å². The summed E-state index contributed by atoms with van der Waals surface area (Å²) in [5, 5.41) is 0. The molecule has 0 aliphatic heterocycles. The third-order valence-electron chi connectivity index (χ3n) is 4.25. The second-order valence-corrected chi connectivity index (χ2v) is 5.88. The number of rotatable bonds is 5. The molecule has 1 heterocycles. The van der Waals surface area contributed by atoms with Crippen molar-refractivity contribution in [3.05, 3.63) is 27.9 Å². The summed E-state index contributed by atoms with van der Waals surface area (Å²) in [6.07, 6.45) is 9.54. The van der Waals surface area contributed by atoms with Crippen LogP contribution in [0.15, 0.2) is 10.9 Å². The summed E-state index contributed by atoms with van der Waals surface area (Å²) in [5.74, 6) is 2.30. The Morgan fingerprint density at radius 2 is 1.95 bits per heavy atom. The third kappa shape index (κ3) is 3.92. The Balaban J connectivity index is 2.04. The van der Waals surface area contributed by atoms with Crippen molar-refractivity contribution in [2.45, 2.75) is 71.1 Å².